The third kappa shape index (κ3) is 3.87. The maximum atomic E-state index is 9.44. The van der Waals surface area contributed by atoms with Crippen LogP contribution in [0.2, 0.25) is 0 Å². The smallest absolute Gasteiger partial charge is 0.0638 e. The Morgan fingerprint density at radius 2 is 1.75 bits per heavy atom. The number of benzene rings is 1. The average molecular weight is 272 g/mol. The number of aliphatic hydroxyl groups is 1. The summed E-state index contributed by atoms with van der Waals surface area (Å²) in [6.45, 7) is 0.493. The molecule has 0 saturated heterocycles. The van der Waals surface area contributed by atoms with E-state index in [1.54, 1.807) is 19.5 Å². The number of hydrogen-bond donors (Lipinski definition) is 2. The first-order valence-electron chi connectivity index (χ1n) is 6.66. The second-order valence-electron chi connectivity index (χ2n) is 4.63. The predicted octanol–water partition coefficient (Wildman–Crippen LogP) is 1.77. The highest BCUT2D eigenvalue weighted by molar-refractivity contribution is 5.30. The Kier molecular flexibility index (Phi) is 5.68. The van der Waals surface area contributed by atoms with Crippen LogP contribution in [0.3, 0.4) is 0 Å². The van der Waals surface area contributed by atoms with Crippen molar-refractivity contribution in [2.24, 2.45) is 0 Å². The summed E-state index contributed by atoms with van der Waals surface area (Å²) in [5.41, 5.74) is 2.26. The molecule has 0 aliphatic carbocycles. The van der Waals surface area contributed by atoms with E-state index in [0.717, 1.165) is 11.1 Å². The molecule has 0 aliphatic heterocycles. The molecular formula is C16H20N2O2. The molecule has 106 valence electrons. The fourth-order valence-corrected chi connectivity index (χ4v) is 2.18. The maximum absolute atomic E-state index is 9.44. The van der Waals surface area contributed by atoms with Crippen molar-refractivity contribution in [1.82, 2.24) is 10.3 Å². The lowest BCUT2D eigenvalue weighted by Gasteiger charge is -2.25. The number of hydrogen-bond acceptors (Lipinski definition) is 4. The lowest BCUT2D eigenvalue weighted by molar-refractivity contribution is 0.125. The molecule has 4 heteroatoms. The van der Waals surface area contributed by atoms with Crippen molar-refractivity contribution in [3.63, 3.8) is 0 Å². The number of methoxy groups -OCH3 is 1. The average Bonchev–Trinajstić information content (AvgIpc) is 2.53. The Bertz CT molecular complexity index is 451. The highest BCUT2D eigenvalue weighted by Crippen LogP contribution is 2.21. The lowest BCUT2D eigenvalue weighted by atomic mass is 9.99. The number of aliphatic hydroxyl groups excluding tert-OH is 1. The van der Waals surface area contributed by atoms with Gasteiger partial charge in [0.05, 0.1) is 25.3 Å². The Morgan fingerprint density at radius 3 is 2.35 bits per heavy atom. The van der Waals surface area contributed by atoms with Crippen molar-refractivity contribution in [3.8, 4) is 0 Å². The van der Waals surface area contributed by atoms with Crippen molar-refractivity contribution < 1.29 is 9.84 Å². The number of nitrogens with zero attached hydrogens (tertiary/aromatic N) is 1. The number of ether oxygens (including phenoxy) is 1. The molecule has 2 rings (SSSR count). The molecular weight excluding hydrogens is 252 g/mol. The zero-order valence-corrected chi connectivity index (χ0v) is 11.6. The van der Waals surface area contributed by atoms with Crippen molar-refractivity contribution >= 4 is 0 Å². The molecule has 1 heterocycles. The fourth-order valence-electron chi connectivity index (χ4n) is 2.18. The van der Waals surface area contributed by atoms with Crippen molar-refractivity contribution in [3.05, 3.63) is 66.0 Å². The highest BCUT2D eigenvalue weighted by atomic mass is 16.5. The Balaban J connectivity index is 2.25. The normalized spacial score (nSPS) is 13.9. The van der Waals surface area contributed by atoms with Gasteiger partial charge in [-0.3, -0.25) is 10.3 Å². The van der Waals surface area contributed by atoms with Gasteiger partial charge in [0.2, 0.25) is 0 Å². The molecule has 0 aliphatic rings. The molecule has 2 unspecified atom stereocenters. The van der Waals surface area contributed by atoms with E-state index in [2.05, 4.69) is 22.4 Å². The summed E-state index contributed by atoms with van der Waals surface area (Å²) in [7, 11) is 1.63. The van der Waals surface area contributed by atoms with Gasteiger partial charge in [-0.2, -0.15) is 0 Å². The van der Waals surface area contributed by atoms with E-state index in [-0.39, 0.29) is 18.7 Å². The fraction of sp³-hybridized carbons (Fsp3) is 0.312. The minimum absolute atomic E-state index is 0.00602. The summed E-state index contributed by atoms with van der Waals surface area (Å²) in [5, 5.41) is 12.9. The van der Waals surface area contributed by atoms with Crippen LogP contribution in [0.4, 0.5) is 0 Å². The van der Waals surface area contributed by atoms with Crippen LogP contribution in [0.1, 0.15) is 17.2 Å². The summed E-state index contributed by atoms with van der Waals surface area (Å²) in [6.07, 6.45) is 3.55. The van der Waals surface area contributed by atoms with Crippen molar-refractivity contribution in [1.29, 1.82) is 0 Å². The van der Waals surface area contributed by atoms with Crippen LogP contribution in [0, 0.1) is 0 Å². The van der Waals surface area contributed by atoms with Crippen LogP contribution in [-0.2, 0) is 4.74 Å². The van der Waals surface area contributed by atoms with E-state index in [4.69, 9.17) is 4.74 Å². The topological polar surface area (TPSA) is 54.4 Å². The summed E-state index contributed by atoms with van der Waals surface area (Å²) in [5.74, 6) is 0. The standard InChI is InChI=1S/C16H20N2O2/c1-20-12-15(11-19)18-16(13-5-3-2-4-6-13)14-7-9-17-10-8-14/h2-10,15-16,18-19H,11-12H2,1H3. The predicted molar refractivity (Wildman–Crippen MR) is 78.4 cm³/mol. The number of nitrogens with one attached hydrogen (secondary N) is 1. The van der Waals surface area contributed by atoms with Gasteiger partial charge >= 0.3 is 0 Å². The maximum Gasteiger partial charge on any atom is 0.0638 e. The Labute approximate surface area is 119 Å². The van der Waals surface area contributed by atoms with Crippen LogP contribution < -0.4 is 5.32 Å². The summed E-state index contributed by atoms with van der Waals surface area (Å²) in [4.78, 5) is 4.06. The second kappa shape index (κ2) is 7.75. The van der Waals surface area contributed by atoms with Crippen LogP contribution in [0.5, 0.6) is 0 Å². The molecule has 2 atom stereocenters. The summed E-state index contributed by atoms with van der Waals surface area (Å²) >= 11 is 0. The van der Waals surface area contributed by atoms with Gasteiger partial charge in [-0.1, -0.05) is 30.3 Å². The molecule has 0 bridgehead atoms. The summed E-state index contributed by atoms with van der Waals surface area (Å²) in [6, 6.07) is 14.0. The van der Waals surface area contributed by atoms with Gasteiger partial charge in [0, 0.05) is 19.5 Å². The zero-order chi connectivity index (χ0) is 14.2. The molecule has 1 aromatic heterocycles. The van der Waals surface area contributed by atoms with E-state index in [1.165, 1.54) is 0 Å². The minimum Gasteiger partial charge on any atom is -0.395 e. The quantitative estimate of drug-likeness (QED) is 0.806. The zero-order valence-electron chi connectivity index (χ0n) is 11.6. The first kappa shape index (κ1) is 14.7. The molecule has 0 saturated carbocycles. The number of rotatable bonds is 7. The monoisotopic (exact) mass is 272 g/mol. The highest BCUT2D eigenvalue weighted by Gasteiger charge is 2.18. The van der Waals surface area contributed by atoms with Gasteiger partial charge in [0.1, 0.15) is 0 Å². The first-order valence-corrected chi connectivity index (χ1v) is 6.66. The van der Waals surface area contributed by atoms with E-state index in [9.17, 15) is 5.11 Å². The number of pyridine rings is 1. The number of aromatic nitrogens is 1. The lowest BCUT2D eigenvalue weighted by Crippen LogP contribution is -2.39. The third-order valence-electron chi connectivity index (χ3n) is 3.16. The van der Waals surface area contributed by atoms with Gasteiger partial charge in [0.25, 0.3) is 0 Å². The van der Waals surface area contributed by atoms with Gasteiger partial charge in [0.15, 0.2) is 0 Å². The van der Waals surface area contributed by atoms with Crippen LogP contribution in [-0.4, -0.2) is 36.5 Å². The van der Waals surface area contributed by atoms with Crippen LogP contribution in [0.15, 0.2) is 54.9 Å². The SMILES string of the molecule is COCC(CO)NC(c1ccccc1)c1ccncc1. The van der Waals surface area contributed by atoms with Gasteiger partial charge in [-0.05, 0) is 23.3 Å². The Morgan fingerprint density at radius 1 is 1.10 bits per heavy atom. The van der Waals surface area contributed by atoms with E-state index < -0.39 is 0 Å². The molecule has 0 radical (unpaired) electrons. The van der Waals surface area contributed by atoms with Crippen molar-refractivity contribution in [2.75, 3.05) is 20.3 Å². The Hall–Kier alpha value is -1.75. The van der Waals surface area contributed by atoms with Crippen LogP contribution >= 0.6 is 0 Å². The van der Waals surface area contributed by atoms with Gasteiger partial charge < -0.3 is 9.84 Å². The van der Waals surface area contributed by atoms with Gasteiger partial charge in [-0.25, -0.2) is 0 Å². The molecule has 2 aromatic rings. The minimum atomic E-state index is -0.113. The molecule has 0 spiro atoms. The van der Waals surface area contributed by atoms with E-state index in [0.29, 0.717) is 6.61 Å². The third-order valence-corrected chi connectivity index (χ3v) is 3.16. The molecule has 0 fully saturated rings. The van der Waals surface area contributed by atoms with Gasteiger partial charge in [-0.15, -0.1) is 0 Å². The summed E-state index contributed by atoms with van der Waals surface area (Å²) < 4.78 is 5.13. The first-order chi connectivity index (χ1) is 9.85. The second-order valence-corrected chi connectivity index (χ2v) is 4.63. The molecule has 20 heavy (non-hydrogen) atoms. The van der Waals surface area contributed by atoms with Crippen LogP contribution in [0.25, 0.3) is 0 Å². The van der Waals surface area contributed by atoms with E-state index in [1.807, 2.05) is 30.3 Å². The largest absolute Gasteiger partial charge is 0.395 e. The molecule has 4 nitrogen and oxygen atoms in total. The molecule has 1 aromatic carbocycles. The van der Waals surface area contributed by atoms with Crippen molar-refractivity contribution in [2.45, 2.75) is 12.1 Å². The molecule has 2 N–H and O–H groups in total. The molecule has 0 amide bonds. The van der Waals surface area contributed by atoms with E-state index >= 15 is 0 Å².